The van der Waals surface area contributed by atoms with Crippen LogP contribution >= 0.6 is 0 Å². The molecule has 210 valence electrons. The molecule has 0 bridgehead atoms. The van der Waals surface area contributed by atoms with Crippen molar-refractivity contribution in [2.24, 2.45) is 0 Å². The number of carbonyl (C=O) groups is 1. The number of hydrogen-bond donors (Lipinski definition) is 2. The first-order valence-electron chi connectivity index (χ1n) is 13.3. The SMILES string of the molecule is [C-]#[N+]C(=CC(C)(C)NC)C(=O)N1CCC[C@H]1Cn1nc(-c2ccc(Oc3ccccc3)cc2F)c2c(N)ncnc21. The van der Waals surface area contributed by atoms with Crippen LogP contribution in [0.5, 0.6) is 11.5 Å². The van der Waals surface area contributed by atoms with E-state index < -0.39 is 11.4 Å². The maximum Gasteiger partial charge on any atom is 0.252 e. The number of anilines is 1. The molecule has 0 spiro atoms. The van der Waals surface area contributed by atoms with Gasteiger partial charge in [0, 0.05) is 23.7 Å². The summed E-state index contributed by atoms with van der Waals surface area (Å²) in [6.45, 7) is 12.2. The van der Waals surface area contributed by atoms with Gasteiger partial charge in [0.1, 0.15) is 35.2 Å². The Kier molecular flexibility index (Phi) is 7.68. The average Bonchev–Trinajstić information content (AvgIpc) is 3.58. The number of likely N-dealkylation sites (tertiary alicyclic amines) is 1. The van der Waals surface area contributed by atoms with Crippen LogP contribution in [0.25, 0.3) is 27.1 Å². The fourth-order valence-electron chi connectivity index (χ4n) is 4.92. The van der Waals surface area contributed by atoms with E-state index in [-0.39, 0.29) is 29.0 Å². The van der Waals surface area contributed by atoms with Gasteiger partial charge in [-0.1, -0.05) is 24.3 Å². The number of nitrogens with zero attached hydrogens (tertiary/aromatic N) is 6. The predicted octanol–water partition coefficient (Wildman–Crippen LogP) is 4.80. The van der Waals surface area contributed by atoms with E-state index in [2.05, 4.69) is 20.1 Å². The second-order valence-electron chi connectivity index (χ2n) is 10.5. The fraction of sp³-hybridized carbons (Fsp3) is 0.300. The van der Waals surface area contributed by atoms with Crippen molar-refractivity contribution in [3.63, 3.8) is 0 Å². The van der Waals surface area contributed by atoms with Crippen molar-refractivity contribution in [1.29, 1.82) is 0 Å². The summed E-state index contributed by atoms with van der Waals surface area (Å²) >= 11 is 0. The van der Waals surface area contributed by atoms with E-state index in [0.717, 1.165) is 12.8 Å². The van der Waals surface area contributed by atoms with Crippen LogP contribution < -0.4 is 15.8 Å². The molecule has 1 atom stereocenters. The van der Waals surface area contributed by atoms with Gasteiger partial charge in [0.25, 0.3) is 5.91 Å². The van der Waals surface area contributed by atoms with Gasteiger partial charge >= 0.3 is 0 Å². The van der Waals surface area contributed by atoms with Crippen molar-refractivity contribution in [1.82, 2.24) is 30.0 Å². The lowest BCUT2D eigenvalue weighted by Crippen LogP contribution is -2.40. The van der Waals surface area contributed by atoms with E-state index in [1.54, 1.807) is 47.0 Å². The molecule has 1 aliphatic heterocycles. The molecule has 4 aromatic rings. The van der Waals surface area contributed by atoms with Crippen molar-refractivity contribution >= 4 is 22.8 Å². The van der Waals surface area contributed by atoms with Crippen LogP contribution in [-0.2, 0) is 11.3 Å². The van der Waals surface area contributed by atoms with E-state index in [9.17, 15) is 4.79 Å². The fourth-order valence-corrected chi connectivity index (χ4v) is 4.92. The highest BCUT2D eigenvalue weighted by molar-refractivity contribution is 5.98. The highest BCUT2D eigenvalue weighted by Gasteiger charge is 2.33. The van der Waals surface area contributed by atoms with Gasteiger partial charge < -0.3 is 20.7 Å². The smallest absolute Gasteiger partial charge is 0.252 e. The van der Waals surface area contributed by atoms with Gasteiger partial charge in [0.15, 0.2) is 5.65 Å². The van der Waals surface area contributed by atoms with Crippen LogP contribution in [0.2, 0.25) is 0 Å². The highest BCUT2D eigenvalue weighted by atomic mass is 19.1. The molecule has 10 nitrogen and oxygen atoms in total. The number of nitrogen functional groups attached to an aromatic ring is 1. The summed E-state index contributed by atoms with van der Waals surface area (Å²) in [4.78, 5) is 27.2. The zero-order valence-electron chi connectivity index (χ0n) is 23.1. The summed E-state index contributed by atoms with van der Waals surface area (Å²) in [5.41, 5.74) is 6.75. The van der Waals surface area contributed by atoms with Gasteiger partial charge in [-0.3, -0.25) is 4.79 Å². The van der Waals surface area contributed by atoms with Crippen molar-refractivity contribution < 1.29 is 13.9 Å². The molecular formula is C30H31FN8O2. The number of fused-ring (bicyclic) bond motifs is 1. The van der Waals surface area contributed by atoms with E-state index in [1.807, 2.05) is 32.0 Å². The van der Waals surface area contributed by atoms with Gasteiger partial charge in [-0.2, -0.15) is 5.10 Å². The average molecular weight is 555 g/mol. The van der Waals surface area contributed by atoms with Crippen molar-refractivity contribution in [2.45, 2.75) is 44.8 Å². The second-order valence-corrected chi connectivity index (χ2v) is 10.5. The van der Waals surface area contributed by atoms with Crippen molar-refractivity contribution in [3.05, 3.63) is 83.9 Å². The third-order valence-corrected chi connectivity index (χ3v) is 7.24. The number of halogens is 1. The molecule has 3 N–H and O–H groups in total. The molecule has 0 saturated carbocycles. The zero-order valence-corrected chi connectivity index (χ0v) is 23.1. The lowest BCUT2D eigenvalue weighted by atomic mass is 10.0. The van der Waals surface area contributed by atoms with Crippen LogP contribution in [-0.4, -0.2) is 55.7 Å². The van der Waals surface area contributed by atoms with Gasteiger partial charge in [0.2, 0.25) is 5.70 Å². The van der Waals surface area contributed by atoms with Gasteiger partial charge in [-0.15, -0.1) is 0 Å². The maximum absolute atomic E-state index is 15.5. The first-order chi connectivity index (χ1) is 19.7. The van der Waals surface area contributed by atoms with Gasteiger partial charge in [-0.05, 0) is 58.0 Å². The van der Waals surface area contributed by atoms with Crippen LogP contribution in [0.4, 0.5) is 10.2 Å². The van der Waals surface area contributed by atoms with E-state index in [4.69, 9.17) is 22.1 Å². The molecule has 1 amide bonds. The first kappa shape index (κ1) is 27.7. The molecule has 11 heteroatoms. The minimum atomic E-state index is -0.537. The van der Waals surface area contributed by atoms with Gasteiger partial charge in [-0.25, -0.2) is 23.9 Å². The van der Waals surface area contributed by atoms with E-state index in [1.165, 1.54) is 12.4 Å². The Morgan fingerprint density at radius 2 is 2.02 bits per heavy atom. The molecule has 0 unspecified atom stereocenters. The number of para-hydroxylation sites is 1. The summed E-state index contributed by atoms with van der Waals surface area (Å²) < 4.78 is 22.9. The molecule has 1 aliphatic rings. The van der Waals surface area contributed by atoms with Crippen molar-refractivity contribution in [3.8, 4) is 22.8 Å². The number of ether oxygens (including phenoxy) is 1. The standard InChI is InChI=1S/C30H31FN8O2/c1-30(2,34-4)16-24(33-3)29(40)38-14-8-9-19(38)17-39-28-25(27(32)35-18-36-28)26(37-39)22-13-12-21(15-23(22)31)41-20-10-6-5-7-11-20/h5-7,10-13,15-16,18-19,34H,8-9,14,17H2,1-2,4H3,(H2,32,35,36)/t19-/m0/s1. The predicted molar refractivity (Wildman–Crippen MR) is 154 cm³/mol. The maximum atomic E-state index is 15.5. The number of amides is 1. The Morgan fingerprint density at radius 1 is 1.24 bits per heavy atom. The lowest BCUT2D eigenvalue weighted by Gasteiger charge is -2.26. The molecule has 3 heterocycles. The van der Waals surface area contributed by atoms with Crippen LogP contribution in [0.15, 0.2) is 66.6 Å². The summed E-state index contributed by atoms with van der Waals surface area (Å²) in [6.07, 6.45) is 4.51. The summed E-state index contributed by atoms with van der Waals surface area (Å²) in [5, 5.41) is 8.24. The van der Waals surface area contributed by atoms with Gasteiger partial charge in [0.05, 0.1) is 24.5 Å². The Balaban J connectivity index is 1.47. The lowest BCUT2D eigenvalue weighted by molar-refractivity contribution is -0.127. The minimum absolute atomic E-state index is 0.0636. The number of benzene rings is 2. The van der Waals surface area contributed by atoms with Crippen LogP contribution in [0, 0.1) is 12.4 Å². The van der Waals surface area contributed by atoms with Crippen LogP contribution in [0.1, 0.15) is 26.7 Å². The molecule has 0 aliphatic carbocycles. The first-order valence-corrected chi connectivity index (χ1v) is 13.3. The zero-order chi connectivity index (χ0) is 29.1. The van der Waals surface area contributed by atoms with E-state index in [0.29, 0.717) is 41.3 Å². The molecule has 2 aromatic heterocycles. The van der Waals surface area contributed by atoms with Crippen molar-refractivity contribution in [2.75, 3.05) is 19.3 Å². The number of nitrogens with one attached hydrogen (secondary N) is 1. The number of aromatic nitrogens is 4. The summed E-state index contributed by atoms with van der Waals surface area (Å²) in [5.74, 6) is 0.248. The third-order valence-electron chi connectivity index (χ3n) is 7.24. The summed E-state index contributed by atoms with van der Waals surface area (Å²) in [6, 6.07) is 13.4. The largest absolute Gasteiger partial charge is 0.457 e. The number of nitrogens with two attached hydrogens (primary N) is 1. The molecule has 1 fully saturated rings. The second kappa shape index (κ2) is 11.3. The Bertz CT molecular complexity index is 1660. The minimum Gasteiger partial charge on any atom is -0.457 e. The highest BCUT2D eigenvalue weighted by Crippen LogP contribution is 2.35. The monoisotopic (exact) mass is 554 g/mol. The number of carbonyl (C=O) groups excluding carboxylic acids is 1. The third kappa shape index (κ3) is 5.73. The molecule has 5 rings (SSSR count). The molecule has 41 heavy (non-hydrogen) atoms. The molecule has 0 radical (unpaired) electrons. The number of likely N-dealkylation sites (N-methyl/N-ethyl adjacent to an activating group) is 1. The molecule has 2 aromatic carbocycles. The summed E-state index contributed by atoms with van der Waals surface area (Å²) in [7, 11) is 1.78. The Morgan fingerprint density at radius 3 is 2.73 bits per heavy atom. The van der Waals surface area contributed by atoms with E-state index >= 15 is 4.39 Å². The Labute approximate surface area is 237 Å². The molecule has 1 saturated heterocycles. The molecular weight excluding hydrogens is 523 g/mol. The number of hydrogen-bond acceptors (Lipinski definition) is 7. The normalized spacial score (nSPS) is 15.7. The topological polar surface area (TPSA) is 116 Å². The van der Waals surface area contributed by atoms with Crippen LogP contribution in [0.3, 0.4) is 0 Å². The Hall–Kier alpha value is -4.82. The quantitative estimate of drug-likeness (QED) is 0.237. The number of rotatable bonds is 8.